The molecule has 0 bridgehead atoms. The number of likely N-dealkylation sites (tertiary alicyclic amines) is 1. The zero-order valence-electron chi connectivity index (χ0n) is 11.6. The van der Waals surface area contributed by atoms with E-state index in [1.807, 2.05) is 12.1 Å². The quantitative estimate of drug-likeness (QED) is 0.925. The van der Waals surface area contributed by atoms with Crippen molar-refractivity contribution < 1.29 is 9.59 Å². The summed E-state index contributed by atoms with van der Waals surface area (Å²) >= 11 is 5.83. The van der Waals surface area contributed by atoms with Gasteiger partial charge in [0.15, 0.2) is 0 Å². The molecule has 108 valence electrons. The number of benzene rings is 1. The molecule has 0 aromatic heterocycles. The zero-order chi connectivity index (χ0) is 14.5. The van der Waals surface area contributed by atoms with Crippen LogP contribution in [0.2, 0.25) is 5.02 Å². The number of hydrogen-bond acceptors (Lipinski definition) is 2. The number of hydrogen-bond donors (Lipinski definition) is 1. The molecule has 1 heterocycles. The molecule has 4 nitrogen and oxygen atoms in total. The van der Waals surface area contributed by atoms with Gasteiger partial charge in [0.05, 0.1) is 12.3 Å². The van der Waals surface area contributed by atoms with Crippen molar-refractivity contribution in [1.29, 1.82) is 0 Å². The lowest BCUT2D eigenvalue weighted by molar-refractivity contribution is -0.135. The van der Waals surface area contributed by atoms with Gasteiger partial charge in [-0.15, -0.1) is 0 Å². The van der Waals surface area contributed by atoms with E-state index in [0.717, 1.165) is 24.9 Å². The van der Waals surface area contributed by atoms with Gasteiger partial charge in [-0.25, -0.2) is 0 Å². The van der Waals surface area contributed by atoms with E-state index in [1.165, 1.54) is 0 Å². The second kappa shape index (κ2) is 6.75. The molecule has 1 aliphatic rings. The first-order chi connectivity index (χ1) is 9.60. The maximum atomic E-state index is 12.3. The molecule has 20 heavy (non-hydrogen) atoms. The normalized spacial score (nSPS) is 18.7. The first kappa shape index (κ1) is 14.9. The first-order valence-corrected chi connectivity index (χ1v) is 7.21. The maximum absolute atomic E-state index is 12.3. The van der Waals surface area contributed by atoms with E-state index in [4.69, 9.17) is 11.6 Å². The number of nitrogens with zero attached hydrogens (tertiary/aromatic N) is 1. The minimum absolute atomic E-state index is 0.0222. The Bertz CT molecular complexity index is 487. The molecule has 1 aromatic carbocycles. The third-order valence-electron chi connectivity index (χ3n) is 3.66. The lowest BCUT2D eigenvalue weighted by Crippen LogP contribution is -2.45. The predicted molar refractivity (Wildman–Crippen MR) is 78.5 cm³/mol. The highest BCUT2D eigenvalue weighted by Crippen LogP contribution is 2.18. The predicted octanol–water partition coefficient (Wildman–Crippen LogP) is 1.87. The summed E-state index contributed by atoms with van der Waals surface area (Å²) in [6.45, 7) is 1.26. The Morgan fingerprint density at radius 2 is 2.05 bits per heavy atom. The lowest BCUT2D eigenvalue weighted by atomic mass is 9.96. The standard InChI is InChI=1S/C15H19ClN2O2/c1-17-15(20)12-3-2-8-18(10-12)14(19)9-11-4-6-13(16)7-5-11/h4-7,12H,2-3,8-10H2,1H3,(H,17,20)/t12-/m1/s1. The molecule has 1 aliphatic heterocycles. The number of amides is 2. The number of nitrogens with one attached hydrogen (secondary N) is 1. The fraction of sp³-hybridized carbons (Fsp3) is 0.467. The summed E-state index contributed by atoms with van der Waals surface area (Å²) < 4.78 is 0. The van der Waals surface area contributed by atoms with Crippen molar-refractivity contribution in [1.82, 2.24) is 10.2 Å². The van der Waals surface area contributed by atoms with Crippen LogP contribution in [-0.2, 0) is 16.0 Å². The molecule has 1 aromatic rings. The van der Waals surface area contributed by atoms with Gasteiger partial charge in [0.25, 0.3) is 0 Å². The Hall–Kier alpha value is -1.55. The van der Waals surface area contributed by atoms with Gasteiger partial charge in [0.1, 0.15) is 0 Å². The minimum atomic E-state index is -0.0806. The average molecular weight is 295 g/mol. The van der Waals surface area contributed by atoms with E-state index >= 15 is 0 Å². The Kier molecular flexibility index (Phi) is 5.01. The van der Waals surface area contributed by atoms with Crippen LogP contribution in [0.4, 0.5) is 0 Å². The van der Waals surface area contributed by atoms with Gasteiger partial charge in [-0.05, 0) is 30.5 Å². The highest BCUT2D eigenvalue weighted by molar-refractivity contribution is 6.30. The molecule has 0 unspecified atom stereocenters. The number of halogens is 1. The molecule has 1 fully saturated rings. The Morgan fingerprint density at radius 3 is 2.70 bits per heavy atom. The second-order valence-corrected chi connectivity index (χ2v) is 5.53. The number of rotatable bonds is 3. The highest BCUT2D eigenvalue weighted by atomic mass is 35.5. The Morgan fingerprint density at radius 1 is 1.35 bits per heavy atom. The average Bonchev–Trinajstić information content (AvgIpc) is 2.49. The molecule has 0 spiro atoms. The fourth-order valence-electron chi connectivity index (χ4n) is 2.51. The van der Waals surface area contributed by atoms with Crippen LogP contribution in [0.5, 0.6) is 0 Å². The fourth-order valence-corrected chi connectivity index (χ4v) is 2.64. The topological polar surface area (TPSA) is 49.4 Å². The highest BCUT2D eigenvalue weighted by Gasteiger charge is 2.27. The van der Waals surface area contributed by atoms with Crippen LogP contribution in [0.15, 0.2) is 24.3 Å². The van der Waals surface area contributed by atoms with E-state index in [2.05, 4.69) is 5.32 Å². The summed E-state index contributed by atoms with van der Waals surface area (Å²) in [7, 11) is 1.64. The third kappa shape index (κ3) is 3.73. The monoisotopic (exact) mass is 294 g/mol. The van der Waals surface area contributed by atoms with Crippen molar-refractivity contribution in [3.63, 3.8) is 0 Å². The summed E-state index contributed by atoms with van der Waals surface area (Å²) in [5.41, 5.74) is 0.946. The van der Waals surface area contributed by atoms with E-state index in [0.29, 0.717) is 18.0 Å². The van der Waals surface area contributed by atoms with Crippen LogP contribution >= 0.6 is 11.6 Å². The number of carbonyl (C=O) groups excluding carboxylic acids is 2. The van der Waals surface area contributed by atoms with Crippen LogP contribution in [0.25, 0.3) is 0 Å². The van der Waals surface area contributed by atoms with Crippen molar-refractivity contribution in [2.24, 2.45) is 5.92 Å². The van der Waals surface area contributed by atoms with Crippen LogP contribution in [-0.4, -0.2) is 36.9 Å². The minimum Gasteiger partial charge on any atom is -0.359 e. The van der Waals surface area contributed by atoms with Gasteiger partial charge in [-0.1, -0.05) is 23.7 Å². The first-order valence-electron chi connectivity index (χ1n) is 6.84. The molecular formula is C15H19ClN2O2. The molecule has 0 radical (unpaired) electrons. The molecule has 0 aliphatic carbocycles. The van der Waals surface area contributed by atoms with Crippen LogP contribution < -0.4 is 5.32 Å². The van der Waals surface area contributed by atoms with Gasteiger partial charge in [0.2, 0.25) is 11.8 Å². The summed E-state index contributed by atoms with van der Waals surface area (Å²) in [6, 6.07) is 7.29. The molecule has 5 heteroatoms. The molecule has 0 saturated carbocycles. The maximum Gasteiger partial charge on any atom is 0.227 e. The Balaban J connectivity index is 1.95. The van der Waals surface area contributed by atoms with Crippen molar-refractivity contribution in [3.8, 4) is 0 Å². The molecule has 2 amide bonds. The van der Waals surface area contributed by atoms with Crippen molar-refractivity contribution in [2.75, 3.05) is 20.1 Å². The molecule has 1 saturated heterocycles. The largest absolute Gasteiger partial charge is 0.359 e. The summed E-state index contributed by atoms with van der Waals surface area (Å²) in [6.07, 6.45) is 2.09. The zero-order valence-corrected chi connectivity index (χ0v) is 12.3. The van der Waals surface area contributed by atoms with Crippen molar-refractivity contribution in [2.45, 2.75) is 19.3 Å². The van der Waals surface area contributed by atoms with Crippen LogP contribution in [0, 0.1) is 5.92 Å². The molecule has 1 N–H and O–H groups in total. The van der Waals surface area contributed by atoms with Gasteiger partial charge in [-0.3, -0.25) is 9.59 Å². The van der Waals surface area contributed by atoms with E-state index < -0.39 is 0 Å². The summed E-state index contributed by atoms with van der Waals surface area (Å²) in [5, 5.41) is 3.32. The molecular weight excluding hydrogens is 276 g/mol. The number of carbonyl (C=O) groups is 2. The van der Waals surface area contributed by atoms with Crippen molar-refractivity contribution in [3.05, 3.63) is 34.9 Å². The van der Waals surface area contributed by atoms with Gasteiger partial charge in [-0.2, -0.15) is 0 Å². The van der Waals surface area contributed by atoms with E-state index in [9.17, 15) is 9.59 Å². The van der Waals surface area contributed by atoms with E-state index in [1.54, 1.807) is 24.1 Å². The summed E-state index contributed by atoms with van der Waals surface area (Å²) in [5.74, 6) is 0.0119. The smallest absolute Gasteiger partial charge is 0.227 e. The number of piperidine rings is 1. The lowest BCUT2D eigenvalue weighted by Gasteiger charge is -2.32. The van der Waals surface area contributed by atoms with Crippen LogP contribution in [0.3, 0.4) is 0 Å². The van der Waals surface area contributed by atoms with Crippen molar-refractivity contribution >= 4 is 23.4 Å². The SMILES string of the molecule is CNC(=O)[C@@H]1CCCN(C(=O)Cc2ccc(Cl)cc2)C1. The Labute approximate surface area is 124 Å². The molecule has 2 rings (SSSR count). The summed E-state index contributed by atoms with van der Waals surface area (Å²) in [4.78, 5) is 25.7. The van der Waals surface area contributed by atoms with Gasteiger partial charge < -0.3 is 10.2 Å². The van der Waals surface area contributed by atoms with Gasteiger partial charge >= 0.3 is 0 Å². The van der Waals surface area contributed by atoms with Crippen LogP contribution in [0.1, 0.15) is 18.4 Å². The second-order valence-electron chi connectivity index (χ2n) is 5.10. The third-order valence-corrected chi connectivity index (χ3v) is 3.91. The van der Waals surface area contributed by atoms with E-state index in [-0.39, 0.29) is 17.7 Å². The molecule has 1 atom stereocenters. The van der Waals surface area contributed by atoms with Gasteiger partial charge in [0, 0.05) is 25.2 Å².